The lowest BCUT2D eigenvalue weighted by molar-refractivity contribution is 0.0325. The standard InChI is InChI=1S/C12H20N4O3/c1-12(19,8-15(2)3)7-13-11(18)9-5-6-10(17)16(4)14-9/h5-6,19H,7-8H2,1-4H3,(H,13,18). The predicted molar refractivity (Wildman–Crippen MR) is 71.0 cm³/mol. The van der Waals surface area contributed by atoms with Crippen molar-refractivity contribution in [2.24, 2.45) is 7.05 Å². The van der Waals surface area contributed by atoms with Crippen LogP contribution in [-0.4, -0.2) is 58.5 Å². The van der Waals surface area contributed by atoms with Gasteiger partial charge in [-0.05, 0) is 27.1 Å². The van der Waals surface area contributed by atoms with Crippen LogP contribution < -0.4 is 10.9 Å². The van der Waals surface area contributed by atoms with Crippen LogP contribution in [0.15, 0.2) is 16.9 Å². The topological polar surface area (TPSA) is 87.5 Å². The van der Waals surface area contributed by atoms with Crippen molar-refractivity contribution in [3.05, 3.63) is 28.2 Å². The first-order valence-corrected chi connectivity index (χ1v) is 5.91. The summed E-state index contributed by atoms with van der Waals surface area (Å²) in [4.78, 5) is 24.8. The molecule has 19 heavy (non-hydrogen) atoms. The van der Waals surface area contributed by atoms with Crippen molar-refractivity contribution in [2.75, 3.05) is 27.2 Å². The first-order valence-electron chi connectivity index (χ1n) is 5.91. The molecule has 1 atom stereocenters. The lowest BCUT2D eigenvalue weighted by Crippen LogP contribution is -2.47. The van der Waals surface area contributed by atoms with E-state index in [4.69, 9.17) is 0 Å². The second-order valence-corrected chi connectivity index (χ2v) is 5.10. The van der Waals surface area contributed by atoms with Gasteiger partial charge in [-0.15, -0.1) is 0 Å². The van der Waals surface area contributed by atoms with Crippen LogP contribution in [0.3, 0.4) is 0 Å². The number of carbonyl (C=O) groups is 1. The van der Waals surface area contributed by atoms with Gasteiger partial charge in [-0.3, -0.25) is 9.59 Å². The Morgan fingerprint density at radius 1 is 1.53 bits per heavy atom. The van der Waals surface area contributed by atoms with Crippen LogP contribution >= 0.6 is 0 Å². The quantitative estimate of drug-likeness (QED) is 0.702. The van der Waals surface area contributed by atoms with E-state index in [2.05, 4.69) is 10.4 Å². The Balaban J connectivity index is 2.65. The van der Waals surface area contributed by atoms with E-state index in [0.29, 0.717) is 6.54 Å². The molecule has 0 saturated heterocycles. The monoisotopic (exact) mass is 268 g/mol. The zero-order valence-corrected chi connectivity index (χ0v) is 11.7. The average Bonchev–Trinajstić information content (AvgIpc) is 2.28. The smallest absolute Gasteiger partial charge is 0.271 e. The van der Waals surface area contributed by atoms with Crippen molar-refractivity contribution < 1.29 is 9.90 Å². The maximum absolute atomic E-state index is 11.8. The molecule has 0 bridgehead atoms. The molecule has 1 aromatic rings. The molecule has 0 radical (unpaired) electrons. The van der Waals surface area contributed by atoms with Crippen LogP contribution in [-0.2, 0) is 7.05 Å². The van der Waals surface area contributed by atoms with Crippen LogP contribution in [0, 0.1) is 0 Å². The molecule has 0 aliphatic heterocycles. The van der Waals surface area contributed by atoms with E-state index in [-0.39, 0.29) is 17.8 Å². The third-order valence-electron chi connectivity index (χ3n) is 2.48. The molecule has 1 aromatic heterocycles. The van der Waals surface area contributed by atoms with Crippen molar-refractivity contribution in [3.8, 4) is 0 Å². The average molecular weight is 268 g/mol. The van der Waals surface area contributed by atoms with Crippen LogP contribution in [0.1, 0.15) is 17.4 Å². The highest BCUT2D eigenvalue weighted by Gasteiger charge is 2.22. The highest BCUT2D eigenvalue weighted by molar-refractivity contribution is 5.92. The zero-order chi connectivity index (χ0) is 14.6. The highest BCUT2D eigenvalue weighted by atomic mass is 16.3. The number of likely N-dealkylation sites (N-methyl/N-ethyl adjacent to an activating group) is 1. The maximum atomic E-state index is 11.8. The summed E-state index contributed by atoms with van der Waals surface area (Å²) in [7, 11) is 5.15. The van der Waals surface area contributed by atoms with Crippen molar-refractivity contribution in [1.82, 2.24) is 20.0 Å². The minimum Gasteiger partial charge on any atom is -0.387 e. The van der Waals surface area contributed by atoms with Gasteiger partial charge >= 0.3 is 0 Å². The van der Waals surface area contributed by atoms with Gasteiger partial charge in [0.2, 0.25) is 0 Å². The molecule has 1 unspecified atom stereocenters. The lowest BCUT2D eigenvalue weighted by atomic mass is 10.1. The van der Waals surface area contributed by atoms with Crippen LogP contribution in [0.25, 0.3) is 0 Å². The van der Waals surface area contributed by atoms with Gasteiger partial charge in [0.25, 0.3) is 11.5 Å². The fourth-order valence-corrected chi connectivity index (χ4v) is 1.72. The van der Waals surface area contributed by atoms with E-state index < -0.39 is 11.5 Å². The number of aryl methyl sites for hydroxylation is 1. The van der Waals surface area contributed by atoms with Crippen LogP contribution in [0.4, 0.5) is 0 Å². The third-order valence-corrected chi connectivity index (χ3v) is 2.48. The van der Waals surface area contributed by atoms with Gasteiger partial charge in [0.15, 0.2) is 0 Å². The Morgan fingerprint density at radius 2 is 2.16 bits per heavy atom. The molecule has 7 nitrogen and oxygen atoms in total. The van der Waals surface area contributed by atoms with Crippen molar-refractivity contribution in [3.63, 3.8) is 0 Å². The van der Waals surface area contributed by atoms with Gasteiger partial charge in [-0.2, -0.15) is 5.10 Å². The molecule has 0 aromatic carbocycles. The summed E-state index contributed by atoms with van der Waals surface area (Å²) in [6.07, 6.45) is 0. The molecule has 1 rings (SSSR count). The molecular weight excluding hydrogens is 248 g/mol. The number of nitrogens with one attached hydrogen (secondary N) is 1. The molecule has 0 aliphatic carbocycles. The largest absolute Gasteiger partial charge is 0.387 e. The Labute approximate surface area is 111 Å². The third kappa shape index (κ3) is 4.80. The van der Waals surface area contributed by atoms with Crippen LogP contribution in [0.5, 0.6) is 0 Å². The van der Waals surface area contributed by atoms with Gasteiger partial charge in [0.05, 0.1) is 5.60 Å². The number of nitrogens with zero attached hydrogens (tertiary/aromatic N) is 3. The first kappa shape index (κ1) is 15.3. The number of amides is 1. The van der Waals surface area contributed by atoms with E-state index in [1.54, 1.807) is 6.92 Å². The zero-order valence-electron chi connectivity index (χ0n) is 11.7. The molecule has 0 aliphatic rings. The fourth-order valence-electron chi connectivity index (χ4n) is 1.72. The molecule has 0 saturated carbocycles. The Kier molecular flexibility index (Phi) is 4.79. The molecule has 7 heteroatoms. The minimum atomic E-state index is -1.03. The van der Waals surface area contributed by atoms with Gasteiger partial charge in [-0.25, -0.2) is 4.68 Å². The number of hydrogen-bond donors (Lipinski definition) is 2. The van der Waals surface area contributed by atoms with E-state index in [1.807, 2.05) is 19.0 Å². The fraction of sp³-hybridized carbons (Fsp3) is 0.583. The van der Waals surface area contributed by atoms with Gasteiger partial charge in [-0.1, -0.05) is 0 Å². The summed E-state index contributed by atoms with van der Waals surface area (Å²) in [5.41, 5.74) is -1.17. The van der Waals surface area contributed by atoms with E-state index in [9.17, 15) is 14.7 Å². The van der Waals surface area contributed by atoms with E-state index in [1.165, 1.54) is 19.2 Å². The second kappa shape index (κ2) is 5.94. The normalized spacial score (nSPS) is 14.2. The molecular formula is C12H20N4O3. The number of hydrogen-bond acceptors (Lipinski definition) is 5. The molecule has 0 spiro atoms. The lowest BCUT2D eigenvalue weighted by Gasteiger charge is -2.26. The highest BCUT2D eigenvalue weighted by Crippen LogP contribution is 2.03. The summed E-state index contributed by atoms with van der Waals surface area (Å²) in [5, 5.41) is 16.5. The summed E-state index contributed by atoms with van der Waals surface area (Å²) in [5.74, 6) is -0.422. The molecule has 0 fully saturated rings. The summed E-state index contributed by atoms with van der Waals surface area (Å²) >= 11 is 0. The van der Waals surface area contributed by atoms with E-state index >= 15 is 0 Å². The Morgan fingerprint density at radius 3 is 2.68 bits per heavy atom. The first-order chi connectivity index (χ1) is 8.71. The predicted octanol–water partition coefficient (Wildman–Crippen LogP) is -1.18. The van der Waals surface area contributed by atoms with Crippen molar-refractivity contribution in [1.29, 1.82) is 0 Å². The maximum Gasteiger partial charge on any atom is 0.271 e. The molecule has 106 valence electrons. The Hall–Kier alpha value is -1.73. The molecule has 1 heterocycles. The summed E-state index contributed by atoms with van der Waals surface area (Å²) < 4.78 is 1.09. The second-order valence-electron chi connectivity index (χ2n) is 5.10. The van der Waals surface area contributed by atoms with E-state index in [0.717, 1.165) is 4.68 Å². The summed E-state index contributed by atoms with van der Waals surface area (Å²) in [6, 6.07) is 2.64. The van der Waals surface area contributed by atoms with Gasteiger partial charge in [0.1, 0.15) is 5.69 Å². The molecule has 1 amide bonds. The van der Waals surface area contributed by atoms with Crippen molar-refractivity contribution >= 4 is 5.91 Å². The number of aromatic nitrogens is 2. The Bertz CT molecular complexity index is 508. The number of carbonyl (C=O) groups excluding carboxylic acids is 1. The van der Waals surface area contributed by atoms with Crippen molar-refractivity contribution in [2.45, 2.75) is 12.5 Å². The van der Waals surface area contributed by atoms with Gasteiger partial charge < -0.3 is 15.3 Å². The SMILES string of the molecule is CN(C)CC(C)(O)CNC(=O)c1ccc(=O)n(C)n1. The molecule has 2 N–H and O–H groups in total. The minimum absolute atomic E-state index is 0.106. The van der Waals surface area contributed by atoms with Gasteiger partial charge in [0, 0.05) is 26.2 Å². The van der Waals surface area contributed by atoms with Crippen LogP contribution in [0.2, 0.25) is 0 Å². The number of aliphatic hydroxyl groups is 1. The number of rotatable bonds is 5. The summed E-state index contributed by atoms with van der Waals surface area (Å²) in [6.45, 7) is 2.17.